The first-order valence-electron chi connectivity index (χ1n) is 12.0. The van der Waals surface area contributed by atoms with Crippen molar-refractivity contribution in [2.45, 2.75) is 31.7 Å². The molecular formula is C24H30N8O3. The van der Waals surface area contributed by atoms with Crippen LogP contribution < -0.4 is 10.2 Å². The standard InChI is InChI=1S/C24H30N8O3/c1-29(2)22(33)19-13-16-14-26-23(28-21(16)32(19)17-5-3-4-6-17)27-20-8-7-18(15-25-20)30-9-11-31(12-10-30)24(34)35/h7-8,13-15,17H,3-6,9-12H2,1-2H3,(H,34,35)(H,25,26,27,28). The molecule has 184 valence electrons. The van der Waals surface area contributed by atoms with Gasteiger partial charge in [0.15, 0.2) is 0 Å². The summed E-state index contributed by atoms with van der Waals surface area (Å²) in [5, 5.41) is 13.1. The number of hydrogen-bond donors (Lipinski definition) is 2. The highest BCUT2D eigenvalue weighted by atomic mass is 16.4. The number of amides is 2. The minimum Gasteiger partial charge on any atom is -0.465 e. The Morgan fingerprint density at radius 1 is 1.06 bits per heavy atom. The number of rotatable bonds is 5. The van der Waals surface area contributed by atoms with Crippen LogP contribution in [0.25, 0.3) is 11.0 Å². The first-order valence-corrected chi connectivity index (χ1v) is 12.0. The number of nitrogens with zero attached hydrogens (tertiary/aromatic N) is 7. The lowest BCUT2D eigenvalue weighted by Gasteiger charge is -2.34. The van der Waals surface area contributed by atoms with Crippen LogP contribution in [0.3, 0.4) is 0 Å². The van der Waals surface area contributed by atoms with Gasteiger partial charge in [-0.15, -0.1) is 0 Å². The summed E-state index contributed by atoms with van der Waals surface area (Å²) in [6, 6.07) is 5.97. The summed E-state index contributed by atoms with van der Waals surface area (Å²) in [5.74, 6) is 1.00. The van der Waals surface area contributed by atoms with Crippen LogP contribution in [-0.2, 0) is 0 Å². The lowest BCUT2D eigenvalue weighted by atomic mass is 10.2. The minimum atomic E-state index is -0.878. The maximum atomic E-state index is 12.9. The van der Waals surface area contributed by atoms with Gasteiger partial charge in [0.05, 0.1) is 11.9 Å². The molecule has 0 bridgehead atoms. The van der Waals surface area contributed by atoms with E-state index in [0.717, 1.165) is 42.4 Å². The molecular weight excluding hydrogens is 448 g/mol. The molecule has 1 saturated heterocycles. The van der Waals surface area contributed by atoms with E-state index in [2.05, 4.69) is 24.8 Å². The van der Waals surface area contributed by atoms with Crippen molar-refractivity contribution in [3.8, 4) is 0 Å². The van der Waals surface area contributed by atoms with Crippen molar-refractivity contribution in [3.63, 3.8) is 0 Å². The van der Waals surface area contributed by atoms with E-state index >= 15 is 0 Å². The number of carbonyl (C=O) groups is 2. The molecule has 2 fully saturated rings. The van der Waals surface area contributed by atoms with Crippen molar-refractivity contribution in [3.05, 3.63) is 36.3 Å². The van der Waals surface area contributed by atoms with E-state index in [1.165, 1.54) is 4.90 Å². The maximum Gasteiger partial charge on any atom is 0.407 e. The first kappa shape index (κ1) is 22.9. The SMILES string of the molecule is CN(C)C(=O)c1cc2cnc(Nc3ccc(N4CCN(C(=O)O)CC4)cn3)nc2n1C1CCCC1. The fraction of sp³-hybridized carbons (Fsp3) is 0.458. The Kier molecular flexibility index (Phi) is 6.14. The molecule has 2 N–H and O–H groups in total. The zero-order valence-electron chi connectivity index (χ0n) is 20.0. The zero-order valence-corrected chi connectivity index (χ0v) is 20.0. The average molecular weight is 479 g/mol. The summed E-state index contributed by atoms with van der Waals surface area (Å²) in [4.78, 5) is 42.9. The number of aromatic nitrogens is 4. The van der Waals surface area contributed by atoms with Crippen LogP contribution in [0.1, 0.15) is 42.2 Å². The molecule has 35 heavy (non-hydrogen) atoms. The second-order valence-corrected chi connectivity index (χ2v) is 9.29. The highest BCUT2D eigenvalue weighted by molar-refractivity contribution is 5.97. The Morgan fingerprint density at radius 3 is 2.43 bits per heavy atom. The van der Waals surface area contributed by atoms with E-state index in [9.17, 15) is 9.59 Å². The van der Waals surface area contributed by atoms with Gasteiger partial charge in [-0.3, -0.25) is 4.79 Å². The van der Waals surface area contributed by atoms with Gasteiger partial charge in [-0.2, -0.15) is 4.98 Å². The van der Waals surface area contributed by atoms with Crippen LogP contribution in [0.4, 0.5) is 22.2 Å². The molecule has 3 aromatic rings. The number of piperazine rings is 1. The molecule has 0 atom stereocenters. The van der Waals surface area contributed by atoms with Crippen LogP contribution >= 0.6 is 0 Å². The van der Waals surface area contributed by atoms with E-state index < -0.39 is 6.09 Å². The van der Waals surface area contributed by atoms with Crippen molar-refractivity contribution in [1.29, 1.82) is 0 Å². The van der Waals surface area contributed by atoms with E-state index in [1.807, 2.05) is 18.2 Å². The van der Waals surface area contributed by atoms with Gasteiger partial charge in [-0.25, -0.2) is 14.8 Å². The topological polar surface area (TPSA) is 120 Å². The third-order valence-corrected chi connectivity index (χ3v) is 6.79. The molecule has 2 aliphatic rings. The van der Waals surface area contributed by atoms with Crippen molar-refractivity contribution in [2.24, 2.45) is 0 Å². The van der Waals surface area contributed by atoms with Gasteiger partial charge in [-0.1, -0.05) is 12.8 Å². The van der Waals surface area contributed by atoms with E-state index in [4.69, 9.17) is 10.1 Å². The Morgan fingerprint density at radius 2 is 1.80 bits per heavy atom. The third kappa shape index (κ3) is 4.58. The summed E-state index contributed by atoms with van der Waals surface area (Å²) >= 11 is 0. The van der Waals surface area contributed by atoms with Gasteiger partial charge in [-0.05, 0) is 31.0 Å². The number of pyridine rings is 1. The molecule has 0 spiro atoms. The van der Waals surface area contributed by atoms with Crippen LogP contribution in [-0.4, -0.2) is 86.7 Å². The second-order valence-electron chi connectivity index (χ2n) is 9.29. The highest BCUT2D eigenvalue weighted by Crippen LogP contribution is 2.35. The summed E-state index contributed by atoms with van der Waals surface area (Å²) in [6.07, 6.45) is 7.01. The molecule has 5 rings (SSSR count). The smallest absolute Gasteiger partial charge is 0.407 e. The predicted molar refractivity (Wildman–Crippen MR) is 132 cm³/mol. The number of hydrogen-bond acceptors (Lipinski definition) is 7. The molecule has 2 amide bonds. The number of carboxylic acid groups (broad SMARTS) is 1. The Bertz CT molecular complexity index is 1230. The van der Waals surface area contributed by atoms with Crippen LogP contribution in [0.2, 0.25) is 0 Å². The molecule has 0 unspecified atom stereocenters. The molecule has 1 saturated carbocycles. The fourth-order valence-corrected chi connectivity index (χ4v) is 4.91. The molecule has 0 radical (unpaired) electrons. The fourth-order valence-electron chi connectivity index (χ4n) is 4.91. The number of anilines is 3. The predicted octanol–water partition coefficient (Wildman–Crippen LogP) is 3.19. The van der Waals surface area contributed by atoms with Gasteiger partial charge in [0.1, 0.15) is 17.2 Å². The van der Waals surface area contributed by atoms with Gasteiger partial charge in [0, 0.05) is 57.9 Å². The van der Waals surface area contributed by atoms with Crippen molar-refractivity contribution in [2.75, 3.05) is 50.5 Å². The molecule has 1 aliphatic carbocycles. The highest BCUT2D eigenvalue weighted by Gasteiger charge is 2.26. The van der Waals surface area contributed by atoms with Crippen LogP contribution in [0, 0.1) is 0 Å². The van der Waals surface area contributed by atoms with E-state index in [0.29, 0.717) is 43.6 Å². The van der Waals surface area contributed by atoms with E-state index in [1.54, 1.807) is 31.4 Å². The Hall–Kier alpha value is -3.89. The molecule has 11 heteroatoms. The maximum absolute atomic E-state index is 12.9. The summed E-state index contributed by atoms with van der Waals surface area (Å²) in [5.41, 5.74) is 2.35. The van der Waals surface area contributed by atoms with Gasteiger partial charge in [0.2, 0.25) is 5.95 Å². The summed E-state index contributed by atoms with van der Waals surface area (Å²) in [7, 11) is 3.53. The molecule has 1 aliphatic heterocycles. The largest absolute Gasteiger partial charge is 0.465 e. The molecule has 11 nitrogen and oxygen atoms in total. The normalized spacial score (nSPS) is 16.6. The second kappa shape index (κ2) is 9.40. The number of fused-ring (bicyclic) bond motifs is 1. The third-order valence-electron chi connectivity index (χ3n) is 6.79. The van der Waals surface area contributed by atoms with Crippen molar-refractivity contribution in [1.82, 2.24) is 29.3 Å². The number of nitrogens with one attached hydrogen (secondary N) is 1. The zero-order chi connectivity index (χ0) is 24.5. The Labute approximate surface area is 203 Å². The van der Waals surface area contributed by atoms with Gasteiger partial charge < -0.3 is 29.7 Å². The quantitative estimate of drug-likeness (QED) is 0.574. The lowest BCUT2D eigenvalue weighted by molar-refractivity contribution is 0.0815. The van der Waals surface area contributed by atoms with Crippen LogP contribution in [0.15, 0.2) is 30.6 Å². The Balaban J connectivity index is 1.36. The first-order chi connectivity index (χ1) is 16.9. The van der Waals surface area contributed by atoms with Gasteiger partial charge in [0.25, 0.3) is 5.91 Å². The van der Waals surface area contributed by atoms with Crippen molar-refractivity contribution < 1.29 is 14.7 Å². The summed E-state index contributed by atoms with van der Waals surface area (Å²) in [6.45, 7) is 2.21. The average Bonchev–Trinajstić information content (AvgIpc) is 3.51. The minimum absolute atomic E-state index is 0.0362. The summed E-state index contributed by atoms with van der Waals surface area (Å²) < 4.78 is 2.09. The van der Waals surface area contributed by atoms with Crippen molar-refractivity contribution >= 4 is 40.5 Å². The molecule has 0 aromatic carbocycles. The van der Waals surface area contributed by atoms with Crippen LogP contribution in [0.5, 0.6) is 0 Å². The van der Waals surface area contributed by atoms with E-state index in [-0.39, 0.29) is 11.9 Å². The number of carbonyl (C=O) groups excluding carboxylic acids is 1. The van der Waals surface area contributed by atoms with Gasteiger partial charge >= 0.3 is 6.09 Å². The lowest BCUT2D eigenvalue weighted by Crippen LogP contribution is -2.48. The monoisotopic (exact) mass is 478 g/mol. The molecule has 3 aromatic heterocycles. The molecule has 4 heterocycles.